The zero-order chi connectivity index (χ0) is 14.6. The predicted octanol–water partition coefficient (Wildman–Crippen LogP) is 0.685. The Morgan fingerprint density at radius 3 is 2.32 bits per heavy atom. The molecule has 0 aliphatic heterocycles. The summed E-state index contributed by atoms with van der Waals surface area (Å²) in [7, 11) is 4.74. The van der Waals surface area contributed by atoms with Crippen molar-refractivity contribution in [3.63, 3.8) is 0 Å². The average molecular weight is 268 g/mol. The number of hydrogen-bond donors (Lipinski definition) is 3. The van der Waals surface area contributed by atoms with Crippen LogP contribution in [0.5, 0.6) is 11.5 Å². The number of rotatable bonds is 6. The second-order valence-corrected chi connectivity index (χ2v) is 4.19. The molecule has 0 bridgehead atoms. The SMILES string of the molecule is CNC(c1cc(OC)c(C)cc1OC)C(N)C(=O)O. The van der Waals surface area contributed by atoms with E-state index in [9.17, 15) is 4.79 Å². The van der Waals surface area contributed by atoms with E-state index in [1.165, 1.54) is 7.11 Å². The largest absolute Gasteiger partial charge is 0.496 e. The number of likely N-dealkylation sites (N-methyl/N-ethyl adjacent to an activating group) is 1. The Bertz CT molecular complexity index is 462. The van der Waals surface area contributed by atoms with Crippen LogP contribution in [0.25, 0.3) is 0 Å². The number of aryl methyl sites for hydroxylation is 1. The molecule has 0 aliphatic carbocycles. The Hall–Kier alpha value is -1.79. The number of methoxy groups -OCH3 is 2. The van der Waals surface area contributed by atoms with Crippen molar-refractivity contribution in [3.05, 3.63) is 23.3 Å². The topological polar surface area (TPSA) is 93.8 Å². The van der Waals surface area contributed by atoms with Crippen LogP contribution >= 0.6 is 0 Å². The van der Waals surface area contributed by atoms with Crippen LogP contribution in [0.15, 0.2) is 12.1 Å². The molecule has 106 valence electrons. The smallest absolute Gasteiger partial charge is 0.322 e. The zero-order valence-electron chi connectivity index (χ0n) is 11.6. The molecule has 0 amide bonds. The molecule has 1 rings (SSSR count). The van der Waals surface area contributed by atoms with E-state index in [4.69, 9.17) is 20.3 Å². The highest BCUT2D eigenvalue weighted by Gasteiger charge is 2.27. The van der Waals surface area contributed by atoms with Gasteiger partial charge in [-0.25, -0.2) is 0 Å². The van der Waals surface area contributed by atoms with Gasteiger partial charge in [-0.2, -0.15) is 0 Å². The quantitative estimate of drug-likeness (QED) is 0.702. The summed E-state index contributed by atoms with van der Waals surface area (Å²) >= 11 is 0. The van der Waals surface area contributed by atoms with E-state index in [0.29, 0.717) is 17.1 Å². The van der Waals surface area contributed by atoms with Crippen molar-refractivity contribution in [1.29, 1.82) is 0 Å². The van der Waals surface area contributed by atoms with Crippen LogP contribution in [-0.4, -0.2) is 38.4 Å². The van der Waals surface area contributed by atoms with Crippen LogP contribution in [0.4, 0.5) is 0 Å². The van der Waals surface area contributed by atoms with E-state index in [2.05, 4.69) is 5.32 Å². The van der Waals surface area contributed by atoms with E-state index < -0.39 is 18.1 Å². The van der Waals surface area contributed by atoms with Crippen LogP contribution in [-0.2, 0) is 4.79 Å². The second kappa shape index (κ2) is 6.40. The van der Waals surface area contributed by atoms with E-state index >= 15 is 0 Å². The molecular weight excluding hydrogens is 248 g/mol. The van der Waals surface area contributed by atoms with Crippen molar-refractivity contribution in [1.82, 2.24) is 5.32 Å². The van der Waals surface area contributed by atoms with Gasteiger partial charge < -0.3 is 25.6 Å². The Balaban J connectivity index is 3.32. The number of carboxylic acids is 1. The maximum Gasteiger partial charge on any atom is 0.322 e. The highest BCUT2D eigenvalue weighted by atomic mass is 16.5. The third-order valence-corrected chi connectivity index (χ3v) is 3.04. The Kier molecular flexibility index (Phi) is 5.14. The Morgan fingerprint density at radius 2 is 1.89 bits per heavy atom. The number of hydrogen-bond acceptors (Lipinski definition) is 5. The summed E-state index contributed by atoms with van der Waals surface area (Å²) in [5, 5.41) is 12.0. The maximum atomic E-state index is 11.1. The number of carbonyl (C=O) groups is 1. The summed E-state index contributed by atoms with van der Waals surface area (Å²) in [6.07, 6.45) is 0. The predicted molar refractivity (Wildman–Crippen MR) is 71.7 cm³/mol. The van der Waals surface area contributed by atoms with Crippen molar-refractivity contribution < 1.29 is 19.4 Å². The number of carboxylic acid groups (broad SMARTS) is 1. The van der Waals surface area contributed by atoms with Gasteiger partial charge in [-0.3, -0.25) is 4.79 Å². The van der Waals surface area contributed by atoms with E-state index in [0.717, 1.165) is 5.56 Å². The normalized spacial score (nSPS) is 13.7. The number of aliphatic carboxylic acids is 1. The van der Waals surface area contributed by atoms with Gasteiger partial charge in [0.1, 0.15) is 17.5 Å². The highest BCUT2D eigenvalue weighted by molar-refractivity contribution is 5.75. The lowest BCUT2D eigenvalue weighted by molar-refractivity contribution is -0.139. The van der Waals surface area contributed by atoms with Gasteiger partial charge in [0.05, 0.1) is 20.3 Å². The van der Waals surface area contributed by atoms with Crippen molar-refractivity contribution >= 4 is 5.97 Å². The van der Waals surface area contributed by atoms with Crippen LogP contribution in [0.1, 0.15) is 17.2 Å². The standard InChI is InChI=1S/C13H20N2O4/c1-7-5-10(19-4)8(6-9(7)18-3)12(15-2)11(14)13(16)17/h5-6,11-12,15H,14H2,1-4H3,(H,16,17). The van der Waals surface area contributed by atoms with Gasteiger partial charge >= 0.3 is 5.97 Å². The summed E-state index contributed by atoms with van der Waals surface area (Å²) in [5.41, 5.74) is 7.26. The summed E-state index contributed by atoms with van der Waals surface area (Å²) < 4.78 is 10.5. The number of nitrogens with two attached hydrogens (primary N) is 1. The molecule has 0 radical (unpaired) electrons. The first-order valence-electron chi connectivity index (χ1n) is 5.84. The molecule has 2 atom stereocenters. The minimum Gasteiger partial charge on any atom is -0.496 e. The number of benzene rings is 1. The molecule has 4 N–H and O–H groups in total. The lowest BCUT2D eigenvalue weighted by atomic mass is 9.97. The monoisotopic (exact) mass is 268 g/mol. The minimum atomic E-state index is -1.08. The van der Waals surface area contributed by atoms with E-state index in [1.807, 2.05) is 6.92 Å². The first-order chi connectivity index (χ1) is 8.96. The molecule has 0 saturated heterocycles. The number of nitrogens with one attached hydrogen (secondary N) is 1. The third kappa shape index (κ3) is 3.15. The first kappa shape index (κ1) is 15.3. The molecule has 19 heavy (non-hydrogen) atoms. The Morgan fingerprint density at radius 1 is 1.32 bits per heavy atom. The van der Waals surface area contributed by atoms with Crippen molar-refractivity contribution in [2.24, 2.45) is 5.73 Å². The molecule has 1 aromatic carbocycles. The van der Waals surface area contributed by atoms with Gasteiger partial charge in [-0.15, -0.1) is 0 Å². The summed E-state index contributed by atoms with van der Waals surface area (Å²) in [5.74, 6) is 0.156. The molecule has 2 unspecified atom stereocenters. The zero-order valence-corrected chi connectivity index (χ0v) is 11.6. The van der Waals surface area contributed by atoms with Crippen molar-refractivity contribution in [2.75, 3.05) is 21.3 Å². The van der Waals surface area contributed by atoms with Gasteiger partial charge in [-0.05, 0) is 31.7 Å². The van der Waals surface area contributed by atoms with Gasteiger partial charge in [0.2, 0.25) is 0 Å². The van der Waals surface area contributed by atoms with Crippen LogP contribution < -0.4 is 20.5 Å². The van der Waals surface area contributed by atoms with Gasteiger partial charge in [0, 0.05) is 5.56 Å². The maximum absolute atomic E-state index is 11.1. The summed E-state index contributed by atoms with van der Waals surface area (Å²) in [6.45, 7) is 1.89. The molecular formula is C13H20N2O4. The minimum absolute atomic E-state index is 0.568. The highest BCUT2D eigenvalue weighted by Crippen LogP contribution is 2.33. The molecule has 0 aromatic heterocycles. The fraction of sp³-hybridized carbons (Fsp3) is 0.462. The van der Waals surface area contributed by atoms with Crippen molar-refractivity contribution in [3.8, 4) is 11.5 Å². The molecule has 1 aromatic rings. The molecule has 0 heterocycles. The fourth-order valence-electron chi connectivity index (χ4n) is 1.99. The van der Waals surface area contributed by atoms with E-state index in [1.54, 1.807) is 26.3 Å². The van der Waals surface area contributed by atoms with Gasteiger partial charge in [0.25, 0.3) is 0 Å². The number of ether oxygens (including phenoxy) is 2. The second-order valence-electron chi connectivity index (χ2n) is 4.19. The molecule has 0 spiro atoms. The lowest BCUT2D eigenvalue weighted by Gasteiger charge is -2.23. The first-order valence-corrected chi connectivity index (χ1v) is 5.84. The van der Waals surface area contributed by atoms with Gasteiger partial charge in [-0.1, -0.05) is 0 Å². The molecule has 0 saturated carbocycles. The molecule has 6 nitrogen and oxygen atoms in total. The summed E-state index contributed by atoms with van der Waals surface area (Å²) in [6, 6.07) is 1.90. The van der Waals surface area contributed by atoms with Crippen LogP contribution in [0, 0.1) is 6.92 Å². The van der Waals surface area contributed by atoms with Crippen molar-refractivity contribution in [2.45, 2.75) is 19.0 Å². The average Bonchev–Trinajstić information content (AvgIpc) is 2.40. The van der Waals surface area contributed by atoms with Crippen LogP contribution in [0.2, 0.25) is 0 Å². The molecule has 0 aliphatic rings. The van der Waals surface area contributed by atoms with Crippen LogP contribution in [0.3, 0.4) is 0 Å². The third-order valence-electron chi connectivity index (χ3n) is 3.04. The Labute approximate surface area is 112 Å². The van der Waals surface area contributed by atoms with Gasteiger partial charge in [0.15, 0.2) is 0 Å². The molecule has 0 fully saturated rings. The molecule has 6 heteroatoms. The fourth-order valence-corrected chi connectivity index (χ4v) is 1.99. The lowest BCUT2D eigenvalue weighted by Crippen LogP contribution is -2.42. The summed E-state index contributed by atoms with van der Waals surface area (Å²) in [4.78, 5) is 11.1. The van der Waals surface area contributed by atoms with E-state index in [-0.39, 0.29) is 0 Å².